The average Bonchev–Trinajstić information content (AvgIpc) is 2.75. The summed E-state index contributed by atoms with van der Waals surface area (Å²) in [6.07, 6.45) is 4.59. The van der Waals surface area contributed by atoms with Gasteiger partial charge in [0.05, 0.1) is 5.75 Å². The Hall–Kier alpha value is -1.74. The van der Waals surface area contributed by atoms with Crippen molar-refractivity contribution in [3.8, 4) is 6.07 Å². The molecule has 0 bridgehead atoms. The molecule has 1 rings (SSSR count). The van der Waals surface area contributed by atoms with E-state index in [1.807, 2.05) is 16.8 Å². The molecule has 0 aliphatic rings. The number of nitrogens with zero attached hydrogens (tertiary/aromatic N) is 3. The van der Waals surface area contributed by atoms with Gasteiger partial charge in [0.1, 0.15) is 11.6 Å². The Morgan fingerprint density at radius 2 is 2.39 bits per heavy atom. The summed E-state index contributed by atoms with van der Waals surface area (Å²) in [4.78, 5) is 15.9. The van der Waals surface area contributed by atoms with Crippen LogP contribution in [0.1, 0.15) is 20.3 Å². The van der Waals surface area contributed by atoms with E-state index in [1.165, 1.54) is 11.8 Å². The lowest BCUT2D eigenvalue weighted by atomic mass is 10.2. The quantitative estimate of drug-likeness (QED) is 0.480. The number of aryl methyl sites for hydroxylation is 1. The van der Waals surface area contributed by atoms with Gasteiger partial charge >= 0.3 is 0 Å². The first-order chi connectivity index (χ1) is 8.60. The predicted molar refractivity (Wildman–Crippen MR) is 70.7 cm³/mol. The molecule has 0 saturated heterocycles. The van der Waals surface area contributed by atoms with Crippen LogP contribution in [0.4, 0.5) is 0 Å². The second-order valence-electron chi connectivity index (χ2n) is 3.78. The van der Waals surface area contributed by atoms with Crippen LogP contribution >= 0.6 is 11.8 Å². The summed E-state index contributed by atoms with van der Waals surface area (Å²) in [5, 5.41) is 9.61. The van der Waals surface area contributed by atoms with Gasteiger partial charge < -0.3 is 10.3 Å². The van der Waals surface area contributed by atoms with E-state index in [0.717, 1.165) is 18.1 Å². The maximum atomic E-state index is 11.8. The van der Waals surface area contributed by atoms with E-state index in [2.05, 4.69) is 11.9 Å². The van der Waals surface area contributed by atoms with E-state index < -0.39 is 0 Å². The highest BCUT2D eigenvalue weighted by Crippen LogP contribution is 2.17. The van der Waals surface area contributed by atoms with Crippen LogP contribution in [-0.4, -0.2) is 21.1 Å². The Morgan fingerprint density at radius 3 is 2.94 bits per heavy atom. The summed E-state index contributed by atoms with van der Waals surface area (Å²) in [5.74, 6) is -0.0772. The van der Waals surface area contributed by atoms with Crippen molar-refractivity contribution in [1.29, 1.82) is 5.26 Å². The molecule has 6 heteroatoms. The third-order valence-corrected chi connectivity index (χ3v) is 3.26. The normalized spacial score (nSPS) is 11.8. The minimum absolute atomic E-state index is 0.0381. The number of allylic oxidation sites excluding steroid dienone is 2. The zero-order chi connectivity index (χ0) is 13.5. The highest BCUT2D eigenvalue weighted by atomic mass is 32.2. The minimum Gasteiger partial charge on any atom is -0.401 e. The fourth-order valence-electron chi connectivity index (χ4n) is 1.42. The fourth-order valence-corrected chi connectivity index (χ4v) is 2.28. The smallest absolute Gasteiger partial charge is 0.185 e. The molecule has 96 valence electrons. The van der Waals surface area contributed by atoms with Crippen LogP contribution in [0.15, 0.2) is 28.8 Å². The number of ketones is 1. The van der Waals surface area contributed by atoms with Crippen molar-refractivity contribution in [1.82, 2.24) is 9.55 Å². The van der Waals surface area contributed by atoms with Crippen molar-refractivity contribution in [3.05, 3.63) is 23.7 Å². The van der Waals surface area contributed by atoms with Crippen molar-refractivity contribution in [2.45, 2.75) is 32.0 Å². The number of carbonyl (C=O) groups excluding carboxylic acids is 1. The first-order valence-electron chi connectivity index (χ1n) is 5.63. The number of hydrogen-bond acceptors (Lipinski definition) is 5. The zero-order valence-electron chi connectivity index (χ0n) is 10.5. The maximum Gasteiger partial charge on any atom is 0.185 e. The number of carbonyl (C=O) groups is 1. The molecule has 0 aliphatic heterocycles. The molecule has 18 heavy (non-hydrogen) atoms. The first-order valence-corrected chi connectivity index (χ1v) is 6.62. The van der Waals surface area contributed by atoms with Gasteiger partial charge in [-0.25, -0.2) is 4.98 Å². The van der Waals surface area contributed by atoms with Crippen LogP contribution in [0.5, 0.6) is 0 Å². The molecule has 1 heterocycles. The van der Waals surface area contributed by atoms with Crippen molar-refractivity contribution in [2.24, 2.45) is 5.73 Å². The van der Waals surface area contributed by atoms with Gasteiger partial charge in [-0.15, -0.1) is 0 Å². The molecule has 5 nitrogen and oxygen atoms in total. The largest absolute Gasteiger partial charge is 0.401 e. The van der Waals surface area contributed by atoms with Gasteiger partial charge in [0.2, 0.25) is 0 Å². The van der Waals surface area contributed by atoms with Gasteiger partial charge in [0.25, 0.3) is 0 Å². The average molecular weight is 264 g/mol. The van der Waals surface area contributed by atoms with Crippen LogP contribution < -0.4 is 5.73 Å². The summed E-state index contributed by atoms with van der Waals surface area (Å²) in [7, 11) is 0. The lowest BCUT2D eigenvalue weighted by Crippen LogP contribution is -2.11. The molecular weight excluding hydrogens is 248 g/mol. The zero-order valence-corrected chi connectivity index (χ0v) is 11.3. The molecule has 0 unspecified atom stereocenters. The number of nitrogens with two attached hydrogens (primary N) is 1. The summed E-state index contributed by atoms with van der Waals surface area (Å²) in [6, 6.07) is 1.84. The molecule has 0 atom stereocenters. The van der Waals surface area contributed by atoms with E-state index in [9.17, 15) is 4.79 Å². The Kier molecular flexibility index (Phi) is 5.46. The van der Waals surface area contributed by atoms with E-state index in [-0.39, 0.29) is 22.8 Å². The fraction of sp³-hybridized carbons (Fsp3) is 0.417. The minimum atomic E-state index is -0.256. The number of rotatable bonds is 6. The number of hydrogen-bond donors (Lipinski definition) is 1. The molecule has 0 aliphatic carbocycles. The summed E-state index contributed by atoms with van der Waals surface area (Å²) in [6.45, 7) is 4.50. The number of Topliss-reactive ketones (excluding diaryl/α,β-unsaturated/α-hetero) is 1. The van der Waals surface area contributed by atoms with E-state index >= 15 is 0 Å². The Bertz CT molecular complexity index is 494. The third kappa shape index (κ3) is 3.64. The Morgan fingerprint density at radius 1 is 1.67 bits per heavy atom. The van der Waals surface area contributed by atoms with Crippen LogP contribution in [0.25, 0.3) is 0 Å². The van der Waals surface area contributed by atoms with E-state index in [1.54, 1.807) is 13.1 Å². The topological polar surface area (TPSA) is 84.7 Å². The van der Waals surface area contributed by atoms with Gasteiger partial charge in [-0.1, -0.05) is 18.7 Å². The molecule has 0 radical (unpaired) electrons. The molecule has 1 aromatic heterocycles. The molecule has 0 amide bonds. The van der Waals surface area contributed by atoms with E-state index in [0.29, 0.717) is 0 Å². The number of aromatic nitrogens is 2. The highest BCUT2D eigenvalue weighted by Gasteiger charge is 2.13. The molecule has 0 fully saturated rings. The van der Waals surface area contributed by atoms with Crippen LogP contribution in [0, 0.1) is 11.3 Å². The predicted octanol–water partition coefficient (Wildman–Crippen LogP) is 1.71. The van der Waals surface area contributed by atoms with Crippen molar-refractivity contribution in [3.63, 3.8) is 0 Å². The second kappa shape index (κ2) is 6.87. The summed E-state index contributed by atoms with van der Waals surface area (Å²) >= 11 is 1.32. The first kappa shape index (κ1) is 14.3. The second-order valence-corrected chi connectivity index (χ2v) is 4.73. The molecular formula is C12H16N4OS. The molecule has 0 aromatic carbocycles. The molecule has 1 aromatic rings. The van der Waals surface area contributed by atoms with Crippen LogP contribution in [0.2, 0.25) is 0 Å². The van der Waals surface area contributed by atoms with Gasteiger partial charge in [0, 0.05) is 24.6 Å². The van der Waals surface area contributed by atoms with Crippen molar-refractivity contribution in [2.75, 3.05) is 5.75 Å². The standard InChI is InChI=1S/C12H16N4OS/c1-3-5-16-6-4-15-12(16)18-8-11(17)10(7-13)9(2)14/h4,6H,3,5,8,14H2,1-2H3/b10-9+. The number of thioether (sulfide) groups is 1. The van der Waals surface area contributed by atoms with Gasteiger partial charge in [-0.05, 0) is 13.3 Å². The van der Waals surface area contributed by atoms with Crippen molar-refractivity contribution < 1.29 is 4.79 Å². The van der Waals surface area contributed by atoms with Crippen LogP contribution in [-0.2, 0) is 11.3 Å². The SMILES string of the molecule is CCCn1ccnc1SCC(=O)/C(C#N)=C(\C)N. The highest BCUT2D eigenvalue weighted by molar-refractivity contribution is 7.99. The number of nitriles is 1. The van der Waals surface area contributed by atoms with Crippen LogP contribution in [0.3, 0.4) is 0 Å². The Balaban J connectivity index is 2.66. The van der Waals surface area contributed by atoms with Crippen molar-refractivity contribution >= 4 is 17.5 Å². The lowest BCUT2D eigenvalue weighted by Gasteiger charge is -2.05. The van der Waals surface area contributed by atoms with Gasteiger partial charge in [0.15, 0.2) is 10.9 Å². The monoisotopic (exact) mass is 264 g/mol. The lowest BCUT2D eigenvalue weighted by molar-refractivity contribution is -0.112. The number of imidazole rings is 1. The van der Waals surface area contributed by atoms with Gasteiger partial charge in [-0.3, -0.25) is 4.79 Å². The molecule has 0 saturated carbocycles. The summed E-state index contributed by atoms with van der Waals surface area (Å²) < 4.78 is 1.99. The van der Waals surface area contributed by atoms with Gasteiger partial charge in [-0.2, -0.15) is 5.26 Å². The molecule has 0 spiro atoms. The Labute approximate surface area is 111 Å². The summed E-state index contributed by atoms with van der Waals surface area (Å²) in [5.41, 5.74) is 5.78. The third-order valence-electron chi connectivity index (χ3n) is 2.26. The van der Waals surface area contributed by atoms with E-state index in [4.69, 9.17) is 11.0 Å². The molecule has 2 N–H and O–H groups in total. The maximum absolute atomic E-state index is 11.8.